The number of thiophene rings is 1. The van der Waals surface area contributed by atoms with Crippen molar-refractivity contribution < 1.29 is 0 Å². The molecule has 1 nitrogen and oxygen atoms in total. The van der Waals surface area contributed by atoms with Crippen molar-refractivity contribution in [3.05, 3.63) is 57.3 Å². The summed E-state index contributed by atoms with van der Waals surface area (Å²) in [7, 11) is 0. The fraction of sp³-hybridized carbons (Fsp3) is 0.444. The van der Waals surface area contributed by atoms with Crippen LogP contribution in [0, 0.1) is 6.92 Å². The van der Waals surface area contributed by atoms with E-state index < -0.39 is 0 Å². The molecule has 0 saturated heterocycles. The molecule has 2 rings (SSSR count). The predicted octanol–water partition coefficient (Wildman–Crippen LogP) is 5.10. The molecule has 1 N–H and O–H groups in total. The first-order chi connectivity index (χ1) is 9.74. The molecule has 0 aliphatic rings. The van der Waals surface area contributed by atoms with Crippen molar-refractivity contribution in [1.82, 2.24) is 5.32 Å². The molecule has 0 bridgehead atoms. The molecule has 0 radical (unpaired) electrons. The van der Waals surface area contributed by atoms with Crippen molar-refractivity contribution in [2.45, 2.75) is 46.1 Å². The van der Waals surface area contributed by atoms with Crippen LogP contribution in [0.1, 0.15) is 53.6 Å². The van der Waals surface area contributed by atoms with E-state index in [0.29, 0.717) is 6.04 Å². The molecule has 0 amide bonds. The largest absolute Gasteiger partial charge is 0.306 e. The van der Waals surface area contributed by atoms with Crippen molar-refractivity contribution in [1.29, 1.82) is 0 Å². The van der Waals surface area contributed by atoms with Gasteiger partial charge in [-0.15, -0.1) is 11.3 Å². The van der Waals surface area contributed by atoms with Crippen LogP contribution in [-0.2, 0) is 6.42 Å². The molecule has 1 atom stereocenters. The Morgan fingerprint density at radius 2 is 1.75 bits per heavy atom. The maximum Gasteiger partial charge on any atom is 0.0671 e. The van der Waals surface area contributed by atoms with E-state index in [4.69, 9.17) is 0 Å². The lowest BCUT2D eigenvalue weighted by molar-refractivity contribution is 0.605. The monoisotopic (exact) mass is 287 g/mol. The molecule has 1 aromatic carbocycles. The number of hydrogen-bond donors (Lipinski definition) is 1. The molecule has 0 aliphatic heterocycles. The van der Waals surface area contributed by atoms with E-state index in [1.165, 1.54) is 33.7 Å². The summed E-state index contributed by atoms with van der Waals surface area (Å²) in [6, 6.07) is 13.9. The lowest BCUT2D eigenvalue weighted by Gasteiger charge is -2.18. The fourth-order valence-corrected chi connectivity index (χ4v) is 3.43. The number of nitrogens with one attached hydrogen (secondary N) is 1. The summed E-state index contributed by atoms with van der Waals surface area (Å²) in [5.74, 6) is 0. The molecule has 1 heterocycles. The summed E-state index contributed by atoms with van der Waals surface area (Å²) in [6.45, 7) is 7.68. The molecule has 0 fully saturated rings. The smallest absolute Gasteiger partial charge is 0.0671 e. The summed E-state index contributed by atoms with van der Waals surface area (Å²) in [5, 5.41) is 3.68. The van der Waals surface area contributed by atoms with Gasteiger partial charge in [0.25, 0.3) is 0 Å². The van der Waals surface area contributed by atoms with E-state index >= 15 is 0 Å². The Morgan fingerprint density at radius 1 is 1.00 bits per heavy atom. The van der Waals surface area contributed by atoms with Crippen LogP contribution in [-0.4, -0.2) is 6.54 Å². The summed E-state index contributed by atoms with van der Waals surface area (Å²) in [5.41, 5.74) is 2.81. The first-order valence-corrected chi connectivity index (χ1v) is 8.44. The highest BCUT2D eigenvalue weighted by Crippen LogP contribution is 2.28. The second-order valence-corrected chi connectivity index (χ2v) is 6.65. The Balaban J connectivity index is 2.21. The number of benzene rings is 1. The SMILES string of the molecule is CCCNC(c1ccc(CCC)cc1)c1ccc(C)s1. The minimum Gasteiger partial charge on any atom is -0.306 e. The van der Waals surface area contributed by atoms with Crippen LogP contribution < -0.4 is 5.32 Å². The summed E-state index contributed by atoms with van der Waals surface area (Å²) >= 11 is 1.89. The van der Waals surface area contributed by atoms with E-state index in [-0.39, 0.29) is 0 Å². The van der Waals surface area contributed by atoms with Crippen LogP contribution in [0.2, 0.25) is 0 Å². The van der Waals surface area contributed by atoms with Crippen molar-refractivity contribution in [3.63, 3.8) is 0 Å². The second kappa shape index (κ2) is 7.61. The van der Waals surface area contributed by atoms with E-state index in [9.17, 15) is 0 Å². The van der Waals surface area contributed by atoms with Crippen LogP contribution >= 0.6 is 11.3 Å². The van der Waals surface area contributed by atoms with E-state index in [2.05, 4.69) is 62.5 Å². The van der Waals surface area contributed by atoms with Crippen LogP contribution in [0.5, 0.6) is 0 Å². The lowest BCUT2D eigenvalue weighted by atomic mass is 10.0. The third-order valence-electron chi connectivity index (χ3n) is 3.50. The van der Waals surface area contributed by atoms with Gasteiger partial charge in [-0.05, 0) is 49.6 Å². The molecule has 0 saturated carbocycles. The first kappa shape index (κ1) is 15.3. The minimum atomic E-state index is 0.337. The molecule has 2 heteroatoms. The molecule has 108 valence electrons. The molecule has 2 aromatic rings. The number of rotatable bonds is 7. The summed E-state index contributed by atoms with van der Waals surface area (Å²) in [4.78, 5) is 2.80. The van der Waals surface area contributed by atoms with Crippen LogP contribution in [0.4, 0.5) is 0 Å². The van der Waals surface area contributed by atoms with Gasteiger partial charge >= 0.3 is 0 Å². The average Bonchev–Trinajstić information content (AvgIpc) is 2.88. The van der Waals surface area contributed by atoms with Crippen LogP contribution in [0.25, 0.3) is 0 Å². The van der Waals surface area contributed by atoms with Gasteiger partial charge in [0.05, 0.1) is 6.04 Å². The third-order valence-corrected chi connectivity index (χ3v) is 4.56. The van der Waals surface area contributed by atoms with Gasteiger partial charge in [0.2, 0.25) is 0 Å². The maximum atomic E-state index is 3.68. The van der Waals surface area contributed by atoms with Crippen molar-refractivity contribution >= 4 is 11.3 Å². The lowest BCUT2D eigenvalue weighted by Crippen LogP contribution is -2.22. The Bertz CT molecular complexity index is 512. The van der Waals surface area contributed by atoms with E-state index in [0.717, 1.165) is 13.0 Å². The fourth-order valence-electron chi connectivity index (χ4n) is 2.45. The van der Waals surface area contributed by atoms with Crippen molar-refractivity contribution in [2.75, 3.05) is 6.54 Å². The molecule has 1 aromatic heterocycles. The molecule has 0 aliphatic carbocycles. The van der Waals surface area contributed by atoms with Gasteiger partial charge in [-0.3, -0.25) is 0 Å². The summed E-state index contributed by atoms with van der Waals surface area (Å²) in [6.07, 6.45) is 3.54. The Labute approximate surface area is 127 Å². The number of aryl methyl sites for hydroxylation is 2. The molecule has 0 spiro atoms. The van der Waals surface area contributed by atoms with Gasteiger partial charge in [0, 0.05) is 9.75 Å². The number of hydrogen-bond acceptors (Lipinski definition) is 2. The quantitative estimate of drug-likeness (QED) is 0.747. The van der Waals surface area contributed by atoms with Crippen molar-refractivity contribution in [3.8, 4) is 0 Å². The van der Waals surface area contributed by atoms with Gasteiger partial charge in [-0.25, -0.2) is 0 Å². The Hall–Kier alpha value is -1.12. The highest BCUT2D eigenvalue weighted by molar-refractivity contribution is 7.12. The topological polar surface area (TPSA) is 12.0 Å². The zero-order chi connectivity index (χ0) is 14.4. The van der Waals surface area contributed by atoms with Gasteiger partial charge in [0.1, 0.15) is 0 Å². The highest BCUT2D eigenvalue weighted by Gasteiger charge is 2.14. The molecular formula is C18H25NS. The van der Waals surface area contributed by atoms with Gasteiger partial charge in [-0.1, -0.05) is 44.5 Å². The standard InChI is InChI=1S/C18H25NS/c1-4-6-15-8-10-16(11-9-15)18(19-13-5-2)17-12-7-14(3)20-17/h7-12,18-19H,4-6,13H2,1-3H3. The maximum absolute atomic E-state index is 3.68. The van der Waals surface area contributed by atoms with Crippen molar-refractivity contribution in [2.24, 2.45) is 0 Å². The minimum absolute atomic E-state index is 0.337. The predicted molar refractivity (Wildman–Crippen MR) is 89.6 cm³/mol. The molecule has 1 unspecified atom stereocenters. The molecular weight excluding hydrogens is 262 g/mol. The van der Waals surface area contributed by atoms with Gasteiger partial charge in [0.15, 0.2) is 0 Å². The van der Waals surface area contributed by atoms with Gasteiger partial charge in [-0.2, -0.15) is 0 Å². The second-order valence-electron chi connectivity index (χ2n) is 5.33. The van der Waals surface area contributed by atoms with Gasteiger partial charge < -0.3 is 5.32 Å². The Kier molecular flexibility index (Phi) is 5.81. The Morgan fingerprint density at radius 3 is 2.30 bits per heavy atom. The van der Waals surface area contributed by atoms with E-state index in [1.807, 2.05) is 11.3 Å². The zero-order valence-corrected chi connectivity index (χ0v) is 13.6. The third kappa shape index (κ3) is 3.94. The van der Waals surface area contributed by atoms with Crippen LogP contribution in [0.15, 0.2) is 36.4 Å². The van der Waals surface area contributed by atoms with Crippen LogP contribution in [0.3, 0.4) is 0 Å². The highest BCUT2D eigenvalue weighted by atomic mass is 32.1. The molecule has 20 heavy (non-hydrogen) atoms. The summed E-state index contributed by atoms with van der Waals surface area (Å²) < 4.78 is 0. The first-order valence-electron chi connectivity index (χ1n) is 7.63. The zero-order valence-electron chi connectivity index (χ0n) is 12.8. The average molecular weight is 287 g/mol. The van der Waals surface area contributed by atoms with E-state index in [1.54, 1.807) is 0 Å². The normalized spacial score (nSPS) is 12.6.